The zero-order chi connectivity index (χ0) is 15.1. The van der Waals surface area contributed by atoms with E-state index in [4.69, 9.17) is 5.11 Å². The van der Waals surface area contributed by atoms with Crippen molar-refractivity contribution in [1.82, 2.24) is 10.2 Å². The molecule has 0 spiro atoms. The highest BCUT2D eigenvalue weighted by Gasteiger charge is 2.28. The van der Waals surface area contributed by atoms with Gasteiger partial charge in [0.25, 0.3) is 10.0 Å². The van der Waals surface area contributed by atoms with E-state index in [-0.39, 0.29) is 9.77 Å². The highest BCUT2D eigenvalue weighted by atomic mass is 32.2. The van der Waals surface area contributed by atoms with Gasteiger partial charge in [0.2, 0.25) is 0 Å². The van der Waals surface area contributed by atoms with Gasteiger partial charge in [0.1, 0.15) is 9.77 Å². The number of nitrogens with one attached hydrogen (secondary N) is 2. The molecule has 0 atom stereocenters. The molecule has 0 amide bonds. The number of carboxylic acid groups (broad SMARTS) is 1. The van der Waals surface area contributed by atoms with Crippen LogP contribution in [0.4, 0.5) is 5.69 Å². The Morgan fingerprint density at radius 1 is 1.40 bits per heavy atom. The predicted molar refractivity (Wildman–Crippen MR) is 74.9 cm³/mol. The Kier molecular flexibility index (Phi) is 3.57. The maximum atomic E-state index is 12.4. The van der Waals surface area contributed by atoms with Gasteiger partial charge in [-0.3, -0.25) is 9.82 Å². The van der Waals surface area contributed by atoms with Gasteiger partial charge >= 0.3 is 5.97 Å². The fraction of sp³-hybridized carbons (Fsp3) is 0.273. The molecule has 2 rings (SSSR count). The third-order valence-corrected chi connectivity index (χ3v) is 5.50. The average molecular weight is 315 g/mol. The summed E-state index contributed by atoms with van der Waals surface area (Å²) in [6.45, 7) is 4.89. The summed E-state index contributed by atoms with van der Waals surface area (Å²) in [5, 5.41) is 17.1. The first-order valence-electron chi connectivity index (χ1n) is 5.60. The smallest absolute Gasteiger partial charge is 0.347 e. The Hall–Kier alpha value is -1.87. The minimum Gasteiger partial charge on any atom is -0.477 e. The van der Waals surface area contributed by atoms with Gasteiger partial charge in [0, 0.05) is 0 Å². The summed E-state index contributed by atoms with van der Waals surface area (Å²) in [6, 6.07) is 0. The van der Waals surface area contributed by atoms with Gasteiger partial charge < -0.3 is 5.11 Å². The van der Waals surface area contributed by atoms with Gasteiger partial charge in [0.05, 0.1) is 17.1 Å². The molecule has 3 N–H and O–H groups in total. The van der Waals surface area contributed by atoms with Crippen LogP contribution < -0.4 is 4.72 Å². The van der Waals surface area contributed by atoms with Crippen LogP contribution in [0.25, 0.3) is 0 Å². The van der Waals surface area contributed by atoms with E-state index in [2.05, 4.69) is 14.9 Å². The number of carboxylic acids is 1. The van der Waals surface area contributed by atoms with Crippen LogP contribution in [0.15, 0.2) is 10.3 Å². The van der Waals surface area contributed by atoms with Crippen molar-refractivity contribution < 1.29 is 18.3 Å². The molecule has 20 heavy (non-hydrogen) atoms. The number of anilines is 1. The molecule has 0 saturated carbocycles. The monoisotopic (exact) mass is 315 g/mol. The van der Waals surface area contributed by atoms with E-state index in [0.717, 1.165) is 11.3 Å². The number of sulfonamides is 1. The zero-order valence-corrected chi connectivity index (χ0v) is 12.6. The van der Waals surface area contributed by atoms with E-state index in [1.807, 2.05) is 0 Å². The molecule has 0 saturated heterocycles. The van der Waals surface area contributed by atoms with Crippen molar-refractivity contribution in [1.29, 1.82) is 0 Å². The van der Waals surface area contributed by atoms with Crippen molar-refractivity contribution in [2.75, 3.05) is 4.72 Å². The topological polar surface area (TPSA) is 112 Å². The lowest BCUT2D eigenvalue weighted by atomic mass is 10.3. The van der Waals surface area contributed by atoms with E-state index in [1.54, 1.807) is 20.8 Å². The highest BCUT2D eigenvalue weighted by molar-refractivity contribution is 7.93. The summed E-state index contributed by atoms with van der Waals surface area (Å²) in [7, 11) is -3.97. The summed E-state index contributed by atoms with van der Waals surface area (Å²) in [5.74, 6) is -1.26. The Labute approximate surface area is 119 Å². The molecule has 0 aliphatic rings. The lowest BCUT2D eigenvalue weighted by Gasteiger charge is -2.09. The van der Waals surface area contributed by atoms with Crippen LogP contribution in [0.5, 0.6) is 0 Å². The van der Waals surface area contributed by atoms with Gasteiger partial charge in [-0.25, -0.2) is 13.2 Å². The minimum atomic E-state index is -3.97. The van der Waals surface area contributed by atoms with E-state index in [1.165, 1.54) is 5.38 Å². The molecule has 9 heteroatoms. The van der Waals surface area contributed by atoms with Crippen molar-refractivity contribution >= 4 is 33.0 Å². The summed E-state index contributed by atoms with van der Waals surface area (Å²) in [4.78, 5) is 10.7. The molecule has 2 aromatic rings. The summed E-state index contributed by atoms with van der Waals surface area (Å²) in [5.41, 5.74) is 1.80. The summed E-state index contributed by atoms with van der Waals surface area (Å²) >= 11 is 0.890. The molecule has 2 heterocycles. The van der Waals surface area contributed by atoms with Crippen LogP contribution in [0.1, 0.15) is 26.6 Å². The molecule has 0 unspecified atom stereocenters. The second kappa shape index (κ2) is 4.91. The Bertz CT molecular complexity index is 754. The van der Waals surface area contributed by atoms with Crippen molar-refractivity contribution in [2.24, 2.45) is 0 Å². The third-order valence-electron chi connectivity index (χ3n) is 2.75. The standard InChI is InChI=1S/C11H13N3O4S2/c1-5-4-19-9(11(15)16)10(5)20(17,18)14-8-6(2)12-13-7(8)3/h4,14H,1-3H3,(H,12,13)(H,15,16). The molecule has 0 aliphatic heterocycles. The second-order valence-electron chi connectivity index (χ2n) is 4.30. The van der Waals surface area contributed by atoms with E-state index in [9.17, 15) is 13.2 Å². The highest BCUT2D eigenvalue weighted by Crippen LogP contribution is 2.29. The van der Waals surface area contributed by atoms with Crippen LogP contribution in [-0.2, 0) is 10.0 Å². The molecule has 0 radical (unpaired) electrons. The average Bonchev–Trinajstić information content (AvgIpc) is 2.87. The van der Waals surface area contributed by atoms with Gasteiger partial charge in [-0.15, -0.1) is 11.3 Å². The van der Waals surface area contributed by atoms with Crippen LogP contribution in [0, 0.1) is 20.8 Å². The Morgan fingerprint density at radius 3 is 2.55 bits per heavy atom. The molecule has 0 aromatic carbocycles. The number of hydrogen-bond donors (Lipinski definition) is 3. The van der Waals surface area contributed by atoms with Crippen LogP contribution in [-0.4, -0.2) is 29.7 Å². The number of rotatable bonds is 4. The van der Waals surface area contributed by atoms with Gasteiger partial charge in [-0.1, -0.05) is 0 Å². The lowest BCUT2D eigenvalue weighted by molar-refractivity contribution is 0.0698. The molecule has 0 bridgehead atoms. The second-order valence-corrected chi connectivity index (χ2v) is 6.80. The SMILES string of the molecule is Cc1csc(C(=O)O)c1S(=O)(=O)Nc1c(C)n[nH]c1C. The largest absolute Gasteiger partial charge is 0.477 e. The quantitative estimate of drug-likeness (QED) is 0.797. The normalized spacial score (nSPS) is 11.6. The zero-order valence-electron chi connectivity index (χ0n) is 11.0. The summed E-state index contributed by atoms with van der Waals surface area (Å²) < 4.78 is 27.2. The number of aromatic nitrogens is 2. The molecule has 0 fully saturated rings. The maximum absolute atomic E-state index is 12.4. The number of H-pyrrole nitrogens is 1. The molecule has 7 nitrogen and oxygen atoms in total. The molecule has 2 aromatic heterocycles. The Morgan fingerprint density at radius 2 is 2.05 bits per heavy atom. The summed E-state index contributed by atoms with van der Waals surface area (Å²) in [6.07, 6.45) is 0. The Balaban J connectivity index is 2.52. The lowest BCUT2D eigenvalue weighted by Crippen LogP contribution is -2.17. The molecule has 0 aliphatic carbocycles. The van der Waals surface area contributed by atoms with Gasteiger partial charge in [-0.05, 0) is 31.7 Å². The molecular weight excluding hydrogens is 302 g/mol. The van der Waals surface area contributed by atoms with E-state index >= 15 is 0 Å². The number of nitrogens with zero attached hydrogens (tertiary/aromatic N) is 1. The van der Waals surface area contributed by atoms with E-state index < -0.39 is 16.0 Å². The van der Waals surface area contributed by atoms with Crippen molar-refractivity contribution in [2.45, 2.75) is 25.7 Å². The van der Waals surface area contributed by atoms with Crippen molar-refractivity contribution in [3.8, 4) is 0 Å². The molecule has 108 valence electrons. The third kappa shape index (κ3) is 2.41. The van der Waals surface area contributed by atoms with Crippen LogP contribution >= 0.6 is 11.3 Å². The fourth-order valence-corrected chi connectivity index (χ4v) is 4.62. The maximum Gasteiger partial charge on any atom is 0.347 e. The minimum absolute atomic E-state index is 0.199. The van der Waals surface area contributed by atoms with Gasteiger partial charge in [-0.2, -0.15) is 5.10 Å². The van der Waals surface area contributed by atoms with Crippen LogP contribution in [0.3, 0.4) is 0 Å². The van der Waals surface area contributed by atoms with Gasteiger partial charge in [0.15, 0.2) is 0 Å². The van der Waals surface area contributed by atoms with Crippen molar-refractivity contribution in [3.63, 3.8) is 0 Å². The number of aromatic carboxylic acids is 1. The molecular formula is C11H13N3O4S2. The first-order valence-corrected chi connectivity index (χ1v) is 7.96. The number of aryl methyl sites for hydroxylation is 3. The number of aromatic amines is 1. The van der Waals surface area contributed by atoms with Crippen LogP contribution in [0.2, 0.25) is 0 Å². The fourth-order valence-electron chi connectivity index (χ4n) is 1.80. The van der Waals surface area contributed by atoms with E-state index in [0.29, 0.717) is 22.6 Å². The van der Waals surface area contributed by atoms with Crippen molar-refractivity contribution in [3.05, 3.63) is 27.2 Å². The number of carbonyl (C=O) groups is 1. The first kappa shape index (κ1) is 14.5. The first-order chi connectivity index (χ1) is 9.24. The number of thiophene rings is 1. The predicted octanol–water partition coefficient (Wildman–Crippen LogP) is 1.90. The number of hydrogen-bond acceptors (Lipinski definition) is 5.